The van der Waals surface area contributed by atoms with Gasteiger partial charge in [-0.15, -0.1) is 0 Å². The molecule has 1 aromatic rings. The third kappa shape index (κ3) is 3.45. The zero-order valence-electron chi connectivity index (χ0n) is 6.81. The van der Waals surface area contributed by atoms with Gasteiger partial charge in [0.2, 0.25) is 0 Å². The molecular formula is C7H5BClF4O-. The Bertz CT molecular complexity index is 328. The van der Waals surface area contributed by atoms with Crippen molar-refractivity contribution in [1.29, 1.82) is 0 Å². The van der Waals surface area contributed by atoms with Crippen LogP contribution in [0.4, 0.5) is 17.3 Å². The summed E-state index contributed by atoms with van der Waals surface area (Å²) in [6.45, 7) is -6.53. The van der Waals surface area contributed by atoms with Crippen molar-refractivity contribution in [3.05, 3.63) is 29.0 Å². The molecule has 0 amide bonds. The van der Waals surface area contributed by atoms with E-state index in [1.807, 2.05) is 0 Å². The quantitative estimate of drug-likeness (QED) is 0.569. The summed E-state index contributed by atoms with van der Waals surface area (Å²) in [5, 5.41) is 0.104. The van der Waals surface area contributed by atoms with Gasteiger partial charge in [-0.1, -0.05) is 11.6 Å². The zero-order chi connectivity index (χ0) is 10.8. The predicted molar refractivity (Wildman–Crippen MR) is 46.0 cm³/mol. The zero-order valence-corrected chi connectivity index (χ0v) is 7.57. The molecule has 0 bridgehead atoms. The first kappa shape index (κ1) is 11.2. The molecule has 0 saturated heterocycles. The molecule has 0 radical (unpaired) electrons. The van der Waals surface area contributed by atoms with Gasteiger partial charge in [0.05, 0.1) is 6.51 Å². The number of hydrogen-bond donors (Lipinski definition) is 0. The summed E-state index contributed by atoms with van der Waals surface area (Å²) in [6, 6.07) is 3.20. The van der Waals surface area contributed by atoms with Crippen molar-refractivity contribution >= 4 is 18.6 Å². The highest BCUT2D eigenvalue weighted by atomic mass is 35.5. The Hall–Kier alpha value is -0.905. The van der Waals surface area contributed by atoms with E-state index >= 15 is 0 Å². The predicted octanol–water partition coefficient (Wildman–Crippen LogP) is 3.24. The highest BCUT2D eigenvalue weighted by molar-refractivity contribution is 6.58. The van der Waals surface area contributed by atoms with Crippen molar-refractivity contribution in [2.75, 3.05) is 6.51 Å². The molecule has 1 nitrogen and oxygen atoms in total. The maximum atomic E-state index is 12.9. The molecule has 1 rings (SSSR count). The van der Waals surface area contributed by atoms with Crippen LogP contribution >= 0.6 is 11.6 Å². The SMILES string of the molecule is Fc1cc(Cl)ccc1OC[B-](F)(F)F. The van der Waals surface area contributed by atoms with Crippen LogP contribution in [0.5, 0.6) is 5.75 Å². The van der Waals surface area contributed by atoms with Crippen molar-refractivity contribution in [3.63, 3.8) is 0 Å². The lowest BCUT2D eigenvalue weighted by atomic mass is 9.95. The Balaban J connectivity index is 2.68. The minimum Gasteiger partial charge on any atom is -0.519 e. The van der Waals surface area contributed by atoms with Crippen LogP contribution in [0, 0.1) is 5.82 Å². The normalized spacial score (nSPS) is 11.5. The molecule has 0 atom stereocenters. The van der Waals surface area contributed by atoms with Crippen molar-refractivity contribution in [1.82, 2.24) is 0 Å². The summed E-state index contributed by atoms with van der Waals surface area (Å²) in [4.78, 5) is 0. The van der Waals surface area contributed by atoms with E-state index in [1.165, 1.54) is 6.07 Å². The molecule has 14 heavy (non-hydrogen) atoms. The average Bonchev–Trinajstić information content (AvgIpc) is 2.00. The second-order valence-corrected chi connectivity index (χ2v) is 3.03. The molecule has 0 saturated carbocycles. The van der Waals surface area contributed by atoms with Crippen LogP contribution in [0.1, 0.15) is 0 Å². The monoisotopic (exact) mass is 227 g/mol. The van der Waals surface area contributed by atoms with Gasteiger partial charge in [-0.25, -0.2) is 4.39 Å². The minimum atomic E-state index is -5.07. The molecule has 0 heterocycles. The first-order chi connectivity index (χ1) is 6.38. The van der Waals surface area contributed by atoms with Crippen molar-refractivity contribution in [3.8, 4) is 5.75 Å². The highest BCUT2D eigenvalue weighted by Crippen LogP contribution is 2.22. The van der Waals surface area contributed by atoms with Crippen LogP contribution < -0.4 is 4.74 Å². The van der Waals surface area contributed by atoms with Gasteiger partial charge >= 0.3 is 6.98 Å². The van der Waals surface area contributed by atoms with Crippen LogP contribution in [0.25, 0.3) is 0 Å². The Morgan fingerprint density at radius 3 is 2.43 bits per heavy atom. The molecule has 0 N–H and O–H groups in total. The number of rotatable bonds is 3. The fraction of sp³-hybridized carbons (Fsp3) is 0.143. The molecule has 7 heteroatoms. The summed E-state index contributed by atoms with van der Waals surface area (Å²) in [5.41, 5.74) is 0. The van der Waals surface area contributed by atoms with Gasteiger partial charge in [0.1, 0.15) is 0 Å². The Labute approximate surface area is 82.7 Å². The van der Waals surface area contributed by atoms with E-state index in [2.05, 4.69) is 4.74 Å². The van der Waals surface area contributed by atoms with E-state index in [4.69, 9.17) is 11.6 Å². The van der Waals surface area contributed by atoms with Crippen LogP contribution in [-0.4, -0.2) is 13.5 Å². The second kappa shape index (κ2) is 4.08. The van der Waals surface area contributed by atoms with Gasteiger partial charge < -0.3 is 17.7 Å². The largest absolute Gasteiger partial charge is 0.519 e. The van der Waals surface area contributed by atoms with E-state index in [-0.39, 0.29) is 5.02 Å². The highest BCUT2D eigenvalue weighted by Gasteiger charge is 2.24. The standard InChI is InChI=1S/C7H5BClF4O/c9-5-1-2-7(6(10)3-5)14-4-8(11,12)13/h1-3H,4H2/q-1. The smallest absolute Gasteiger partial charge is 0.515 e. The molecule has 0 spiro atoms. The Morgan fingerprint density at radius 1 is 1.29 bits per heavy atom. The van der Waals surface area contributed by atoms with E-state index < -0.39 is 25.1 Å². The second-order valence-electron chi connectivity index (χ2n) is 2.60. The van der Waals surface area contributed by atoms with E-state index in [9.17, 15) is 17.3 Å². The molecule has 1 aromatic carbocycles. The topological polar surface area (TPSA) is 9.23 Å². The fourth-order valence-corrected chi connectivity index (χ4v) is 0.935. The van der Waals surface area contributed by atoms with Gasteiger partial charge in [0, 0.05) is 5.02 Å². The lowest BCUT2D eigenvalue weighted by molar-refractivity contribution is 0.301. The molecule has 0 fully saturated rings. The average molecular weight is 227 g/mol. The number of benzene rings is 1. The lowest BCUT2D eigenvalue weighted by Gasteiger charge is -2.15. The van der Waals surface area contributed by atoms with Crippen LogP contribution in [0.2, 0.25) is 5.02 Å². The summed E-state index contributed by atoms with van der Waals surface area (Å²) in [7, 11) is 0. The number of ether oxygens (including phenoxy) is 1. The van der Waals surface area contributed by atoms with Crippen LogP contribution in [-0.2, 0) is 0 Å². The number of halogens is 5. The van der Waals surface area contributed by atoms with Crippen LogP contribution in [0.15, 0.2) is 18.2 Å². The Kier molecular flexibility index (Phi) is 3.26. The van der Waals surface area contributed by atoms with E-state index in [1.54, 1.807) is 0 Å². The molecule has 78 valence electrons. The van der Waals surface area contributed by atoms with Gasteiger partial charge in [-0.3, -0.25) is 0 Å². The van der Waals surface area contributed by atoms with Crippen molar-refractivity contribution in [2.24, 2.45) is 0 Å². The molecular weight excluding hydrogens is 222 g/mol. The molecule has 0 unspecified atom stereocenters. The molecule has 0 aliphatic rings. The number of hydrogen-bond acceptors (Lipinski definition) is 1. The summed E-state index contributed by atoms with van der Waals surface area (Å²) in [6.07, 6.45) is 0. The van der Waals surface area contributed by atoms with Crippen molar-refractivity contribution in [2.45, 2.75) is 0 Å². The van der Waals surface area contributed by atoms with E-state index in [0.29, 0.717) is 0 Å². The third-order valence-corrected chi connectivity index (χ3v) is 1.56. The van der Waals surface area contributed by atoms with Gasteiger partial charge in [0.15, 0.2) is 11.6 Å². The summed E-state index contributed by atoms with van der Waals surface area (Å²) < 4.78 is 52.3. The lowest BCUT2D eigenvalue weighted by Crippen LogP contribution is -2.26. The minimum absolute atomic E-state index is 0.104. The molecule has 0 aliphatic heterocycles. The van der Waals surface area contributed by atoms with Gasteiger partial charge in [-0.2, -0.15) is 0 Å². The maximum absolute atomic E-state index is 12.9. The maximum Gasteiger partial charge on any atom is 0.515 e. The van der Waals surface area contributed by atoms with Crippen LogP contribution in [0.3, 0.4) is 0 Å². The molecule has 0 aliphatic carbocycles. The van der Waals surface area contributed by atoms with E-state index in [0.717, 1.165) is 12.1 Å². The van der Waals surface area contributed by atoms with Gasteiger partial charge in [0.25, 0.3) is 0 Å². The van der Waals surface area contributed by atoms with Gasteiger partial charge in [-0.05, 0) is 18.2 Å². The van der Waals surface area contributed by atoms with Crippen molar-refractivity contribution < 1.29 is 22.1 Å². The first-order valence-electron chi connectivity index (χ1n) is 3.67. The fourth-order valence-electron chi connectivity index (χ4n) is 0.777. The summed E-state index contributed by atoms with van der Waals surface area (Å²) >= 11 is 5.39. The summed E-state index contributed by atoms with van der Waals surface area (Å²) in [5.74, 6) is -1.36. The Morgan fingerprint density at radius 2 is 1.93 bits per heavy atom. The molecule has 0 aromatic heterocycles. The first-order valence-corrected chi connectivity index (χ1v) is 4.05. The third-order valence-electron chi connectivity index (χ3n) is 1.32.